The highest BCUT2D eigenvalue weighted by Gasteiger charge is 2.50. The zero-order valence-electron chi connectivity index (χ0n) is 21.2. The Morgan fingerprint density at radius 2 is 1.97 bits per heavy atom. The Morgan fingerprint density at radius 3 is 2.72 bits per heavy atom. The first kappa shape index (κ1) is 26.6. The van der Waals surface area contributed by atoms with Crippen LogP contribution >= 0.6 is 0 Å². The van der Waals surface area contributed by atoms with Gasteiger partial charge in [0.1, 0.15) is 18.0 Å². The van der Waals surface area contributed by atoms with Crippen LogP contribution in [-0.4, -0.2) is 77.6 Å². The zero-order chi connectivity index (χ0) is 25.5. The number of carbonyl (C=O) groups excluding carboxylic acids is 2. The number of aliphatic hydroxyl groups is 2. The summed E-state index contributed by atoms with van der Waals surface area (Å²) in [6, 6.07) is 6.79. The number of fused-ring (bicyclic) bond motifs is 3. The lowest BCUT2D eigenvalue weighted by Gasteiger charge is -2.41. The fourth-order valence-electron chi connectivity index (χ4n) is 5.61. The standard InChI is InChI=1S/C28H40N2O6/c1-2-3-4-5-6-13-24(32)30(18-19-10-9-16-35-19)22-17-21(28(34)29-14-15-31)25-20-11-7-8-12-23(20)36-27(25)26(22)33/h7-8,11-12,17,19,22,25-27,31,33H,2-6,9-10,13-16,18H2,1H3,(H,29,34). The van der Waals surface area contributed by atoms with Gasteiger partial charge in [-0.05, 0) is 31.4 Å². The molecule has 1 aromatic carbocycles. The smallest absolute Gasteiger partial charge is 0.247 e. The predicted molar refractivity (Wildman–Crippen MR) is 136 cm³/mol. The molecule has 1 aromatic rings. The van der Waals surface area contributed by atoms with E-state index in [1.165, 1.54) is 0 Å². The van der Waals surface area contributed by atoms with E-state index in [1.807, 2.05) is 24.3 Å². The molecule has 2 amide bonds. The van der Waals surface area contributed by atoms with Gasteiger partial charge in [-0.3, -0.25) is 9.59 Å². The van der Waals surface area contributed by atoms with E-state index in [2.05, 4.69) is 12.2 Å². The Morgan fingerprint density at radius 1 is 1.17 bits per heavy atom. The van der Waals surface area contributed by atoms with Gasteiger partial charge in [-0.15, -0.1) is 0 Å². The highest BCUT2D eigenvalue weighted by Crippen LogP contribution is 2.47. The van der Waals surface area contributed by atoms with E-state index >= 15 is 0 Å². The van der Waals surface area contributed by atoms with Crippen LogP contribution in [0.1, 0.15) is 69.8 Å². The number of nitrogens with zero attached hydrogens (tertiary/aromatic N) is 1. The Hall–Kier alpha value is -2.42. The van der Waals surface area contributed by atoms with Crippen molar-refractivity contribution in [3.63, 3.8) is 0 Å². The first-order chi connectivity index (χ1) is 17.5. The number of nitrogens with one attached hydrogen (secondary N) is 1. The van der Waals surface area contributed by atoms with E-state index in [4.69, 9.17) is 9.47 Å². The summed E-state index contributed by atoms with van der Waals surface area (Å²) in [5.41, 5.74) is 1.31. The third-order valence-corrected chi connectivity index (χ3v) is 7.48. The SMILES string of the molecule is CCCCCCCC(=O)N(CC1CCCO1)C1C=C(C(=O)NCCO)C2c3ccccc3OC2C1O. The van der Waals surface area contributed by atoms with Crippen LogP contribution < -0.4 is 10.1 Å². The molecule has 8 heteroatoms. The van der Waals surface area contributed by atoms with Gasteiger partial charge in [0, 0.05) is 37.3 Å². The van der Waals surface area contributed by atoms with E-state index < -0.39 is 24.2 Å². The Bertz CT molecular complexity index is 928. The summed E-state index contributed by atoms with van der Waals surface area (Å²) < 4.78 is 12.0. The molecule has 0 spiro atoms. The van der Waals surface area contributed by atoms with Crippen molar-refractivity contribution in [2.45, 2.75) is 88.6 Å². The molecule has 198 valence electrons. The molecule has 3 aliphatic rings. The number of rotatable bonds is 12. The molecule has 4 rings (SSSR count). The molecule has 8 nitrogen and oxygen atoms in total. The van der Waals surface area contributed by atoms with Crippen LogP contribution in [0.25, 0.3) is 0 Å². The molecule has 0 saturated carbocycles. The summed E-state index contributed by atoms with van der Waals surface area (Å²) in [5, 5.41) is 23.5. The minimum absolute atomic E-state index is 0.0358. The van der Waals surface area contributed by atoms with E-state index in [1.54, 1.807) is 11.0 Å². The van der Waals surface area contributed by atoms with Crippen LogP contribution in [0.2, 0.25) is 0 Å². The van der Waals surface area contributed by atoms with Gasteiger partial charge in [0.15, 0.2) is 0 Å². The number of aliphatic hydroxyl groups excluding tert-OH is 2. The number of benzene rings is 1. The van der Waals surface area contributed by atoms with Crippen molar-refractivity contribution < 1.29 is 29.3 Å². The molecule has 5 unspecified atom stereocenters. The highest BCUT2D eigenvalue weighted by atomic mass is 16.5. The summed E-state index contributed by atoms with van der Waals surface area (Å²) in [4.78, 5) is 28.4. The monoisotopic (exact) mass is 500 g/mol. The second-order valence-electron chi connectivity index (χ2n) is 10.0. The normalized spacial score (nSPS) is 26.5. The Kier molecular flexibility index (Phi) is 9.40. The molecule has 0 aromatic heterocycles. The third kappa shape index (κ3) is 5.93. The number of unbranched alkanes of at least 4 members (excludes halogenated alkanes) is 4. The quantitative estimate of drug-likeness (QED) is 0.381. The summed E-state index contributed by atoms with van der Waals surface area (Å²) in [6.07, 6.45) is 7.39. The molecule has 3 N–H and O–H groups in total. The summed E-state index contributed by atoms with van der Waals surface area (Å²) >= 11 is 0. The number of ether oxygens (including phenoxy) is 2. The summed E-state index contributed by atoms with van der Waals surface area (Å²) in [6.45, 7) is 3.16. The predicted octanol–water partition coefficient (Wildman–Crippen LogP) is 2.68. The van der Waals surface area contributed by atoms with Gasteiger partial charge in [-0.25, -0.2) is 0 Å². The van der Waals surface area contributed by atoms with E-state index in [0.717, 1.165) is 50.5 Å². The average molecular weight is 501 g/mol. The maximum atomic E-state index is 13.5. The van der Waals surface area contributed by atoms with Crippen molar-refractivity contribution in [2.75, 3.05) is 26.3 Å². The lowest BCUT2D eigenvalue weighted by atomic mass is 9.77. The van der Waals surface area contributed by atoms with Crippen molar-refractivity contribution in [1.82, 2.24) is 10.2 Å². The lowest BCUT2D eigenvalue weighted by molar-refractivity contribution is -0.139. The third-order valence-electron chi connectivity index (χ3n) is 7.48. The van der Waals surface area contributed by atoms with Crippen LogP contribution in [0.5, 0.6) is 5.75 Å². The van der Waals surface area contributed by atoms with Crippen LogP contribution in [0.4, 0.5) is 0 Å². The van der Waals surface area contributed by atoms with Crippen LogP contribution in [-0.2, 0) is 14.3 Å². The van der Waals surface area contributed by atoms with Gasteiger partial charge in [-0.1, -0.05) is 50.8 Å². The highest BCUT2D eigenvalue weighted by molar-refractivity contribution is 5.96. The fraction of sp³-hybridized carbons (Fsp3) is 0.643. The van der Waals surface area contributed by atoms with E-state index in [0.29, 0.717) is 30.9 Å². The minimum atomic E-state index is -0.998. The van der Waals surface area contributed by atoms with Gasteiger partial charge in [0.2, 0.25) is 11.8 Å². The van der Waals surface area contributed by atoms with Gasteiger partial charge in [-0.2, -0.15) is 0 Å². The molecule has 2 aliphatic heterocycles. The molecule has 0 bridgehead atoms. The second-order valence-corrected chi connectivity index (χ2v) is 10.0. The van der Waals surface area contributed by atoms with Gasteiger partial charge >= 0.3 is 0 Å². The Balaban J connectivity index is 1.62. The number of hydrogen-bond acceptors (Lipinski definition) is 6. The van der Waals surface area contributed by atoms with E-state index in [9.17, 15) is 19.8 Å². The first-order valence-electron chi connectivity index (χ1n) is 13.5. The molecule has 36 heavy (non-hydrogen) atoms. The number of hydrogen-bond donors (Lipinski definition) is 3. The second kappa shape index (κ2) is 12.7. The molecule has 2 heterocycles. The summed E-state index contributed by atoms with van der Waals surface area (Å²) in [7, 11) is 0. The number of amides is 2. The fourth-order valence-corrected chi connectivity index (χ4v) is 5.61. The van der Waals surface area contributed by atoms with Crippen LogP contribution in [0, 0.1) is 0 Å². The first-order valence-corrected chi connectivity index (χ1v) is 13.5. The molecule has 1 saturated heterocycles. The van der Waals surface area contributed by atoms with Gasteiger partial charge in [0.25, 0.3) is 0 Å². The van der Waals surface area contributed by atoms with Crippen molar-refractivity contribution in [1.29, 1.82) is 0 Å². The minimum Gasteiger partial charge on any atom is -0.486 e. The maximum absolute atomic E-state index is 13.5. The number of carbonyl (C=O) groups is 2. The van der Waals surface area contributed by atoms with Crippen molar-refractivity contribution in [3.05, 3.63) is 41.5 Å². The largest absolute Gasteiger partial charge is 0.486 e. The zero-order valence-corrected chi connectivity index (χ0v) is 21.2. The molecular formula is C28H40N2O6. The van der Waals surface area contributed by atoms with Crippen LogP contribution in [0.3, 0.4) is 0 Å². The summed E-state index contributed by atoms with van der Waals surface area (Å²) in [5.74, 6) is -0.160. The number of para-hydroxylation sites is 1. The van der Waals surface area contributed by atoms with Crippen LogP contribution in [0.15, 0.2) is 35.9 Å². The maximum Gasteiger partial charge on any atom is 0.247 e. The molecule has 0 radical (unpaired) electrons. The lowest BCUT2D eigenvalue weighted by Crippen LogP contribution is -2.57. The molecular weight excluding hydrogens is 460 g/mol. The van der Waals surface area contributed by atoms with Crippen molar-refractivity contribution in [3.8, 4) is 5.75 Å². The molecule has 1 aliphatic carbocycles. The van der Waals surface area contributed by atoms with Gasteiger partial charge < -0.3 is 29.9 Å². The van der Waals surface area contributed by atoms with E-state index in [-0.39, 0.29) is 31.1 Å². The molecule has 1 fully saturated rings. The van der Waals surface area contributed by atoms with Gasteiger partial charge in [0.05, 0.1) is 24.7 Å². The Labute approximate surface area is 213 Å². The molecule has 5 atom stereocenters. The average Bonchev–Trinajstić information content (AvgIpc) is 3.54. The van der Waals surface area contributed by atoms with Crippen molar-refractivity contribution >= 4 is 11.8 Å². The van der Waals surface area contributed by atoms with Crippen molar-refractivity contribution in [2.24, 2.45) is 0 Å². The topological polar surface area (TPSA) is 108 Å².